The van der Waals surface area contributed by atoms with Crippen molar-refractivity contribution in [2.75, 3.05) is 0 Å². The van der Waals surface area contributed by atoms with Crippen molar-refractivity contribution in [3.05, 3.63) is 94.4 Å². The molecule has 3 aromatic rings. The number of amides is 1. The maximum Gasteiger partial charge on any atom is 0.257 e. The van der Waals surface area contributed by atoms with Crippen molar-refractivity contribution in [2.24, 2.45) is 5.73 Å². The summed E-state index contributed by atoms with van der Waals surface area (Å²) in [6.07, 6.45) is 6.16. The summed E-state index contributed by atoms with van der Waals surface area (Å²) in [5.74, 6) is -0.278. The Hall–Kier alpha value is -2.66. The van der Waals surface area contributed by atoms with Crippen LogP contribution in [0.5, 0.6) is 0 Å². The van der Waals surface area contributed by atoms with E-state index in [-0.39, 0.29) is 11.3 Å². The number of hydrogen-bond donors (Lipinski definition) is 2. The van der Waals surface area contributed by atoms with Gasteiger partial charge in [0.15, 0.2) is 0 Å². The van der Waals surface area contributed by atoms with Crippen LogP contribution in [0.15, 0.2) is 72.6 Å². The number of pyridine rings is 1. The van der Waals surface area contributed by atoms with Crippen LogP contribution >= 0.6 is 23.2 Å². The molecule has 0 saturated carbocycles. The molecule has 0 spiro atoms. The standard InChI is InChI=1S/C23H19Cl2N3O/c24-20-8-6-16(28-23(29)18-7-5-14(13-26)11-21(18)25)12-19(20)22-17-4-2-1-3-15(17)9-10-27-22/h1-7,9-12,20H,8,13,26H2,(H,28,29). The Kier molecular flexibility index (Phi) is 5.67. The fourth-order valence-electron chi connectivity index (χ4n) is 3.40. The molecular formula is C23H19Cl2N3O. The van der Waals surface area contributed by atoms with Gasteiger partial charge in [-0.15, -0.1) is 11.6 Å². The third-order valence-corrected chi connectivity index (χ3v) is 5.64. The van der Waals surface area contributed by atoms with Gasteiger partial charge in [-0.2, -0.15) is 0 Å². The first kappa shape index (κ1) is 19.6. The van der Waals surface area contributed by atoms with E-state index < -0.39 is 0 Å². The number of fused-ring (bicyclic) bond motifs is 1. The smallest absolute Gasteiger partial charge is 0.257 e. The molecular weight excluding hydrogens is 405 g/mol. The molecule has 1 amide bonds. The minimum absolute atomic E-state index is 0.221. The van der Waals surface area contributed by atoms with E-state index in [0.717, 1.165) is 27.6 Å². The largest absolute Gasteiger partial charge is 0.326 e. The van der Waals surface area contributed by atoms with Gasteiger partial charge in [0, 0.05) is 23.8 Å². The van der Waals surface area contributed by atoms with Gasteiger partial charge in [0.2, 0.25) is 0 Å². The average Bonchev–Trinajstić information content (AvgIpc) is 2.74. The minimum Gasteiger partial charge on any atom is -0.326 e. The molecule has 0 fully saturated rings. The Morgan fingerprint density at radius 2 is 2.03 bits per heavy atom. The molecule has 1 heterocycles. The summed E-state index contributed by atoms with van der Waals surface area (Å²) < 4.78 is 0. The molecule has 1 unspecified atom stereocenters. The van der Waals surface area contributed by atoms with Crippen LogP contribution in [-0.2, 0) is 6.54 Å². The van der Waals surface area contributed by atoms with Gasteiger partial charge in [0.05, 0.1) is 21.7 Å². The lowest BCUT2D eigenvalue weighted by molar-refractivity contribution is 0.0967. The number of halogens is 2. The molecule has 6 heteroatoms. The van der Waals surface area contributed by atoms with Gasteiger partial charge in [-0.1, -0.05) is 48.0 Å². The number of aromatic nitrogens is 1. The minimum atomic E-state index is -0.278. The number of carbonyl (C=O) groups is 1. The fraction of sp³-hybridized carbons (Fsp3) is 0.130. The zero-order valence-corrected chi connectivity index (χ0v) is 17.0. The number of nitrogens with two attached hydrogens (primary N) is 1. The molecule has 1 atom stereocenters. The summed E-state index contributed by atoms with van der Waals surface area (Å²) in [5, 5.41) is 5.20. The molecule has 0 bridgehead atoms. The first-order chi connectivity index (χ1) is 14.1. The number of nitrogens with zero attached hydrogens (tertiary/aromatic N) is 1. The molecule has 4 nitrogen and oxygen atoms in total. The monoisotopic (exact) mass is 423 g/mol. The van der Waals surface area contributed by atoms with Crippen molar-refractivity contribution >= 4 is 45.5 Å². The number of carbonyl (C=O) groups excluding carboxylic acids is 1. The highest BCUT2D eigenvalue weighted by Crippen LogP contribution is 2.33. The number of allylic oxidation sites excluding steroid dienone is 3. The van der Waals surface area contributed by atoms with Crippen LogP contribution in [0.4, 0.5) is 0 Å². The molecule has 3 N–H and O–H groups in total. The number of benzene rings is 2. The van der Waals surface area contributed by atoms with E-state index in [1.54, 1.807) is 24.4 Å². The number of nitrogens with one attached hydrogen (secondary N) is 1. The summed E-state index contributed by atoms with van der Waals surface area (Å²) in [7, 11) is 0. The van der Waals surface area contributed by atoms with E-state index in [1.807, 2.05) is 42.5 Å². The fourth-order valence-corrected chi connectivity index (χ4v) is 3.94. The Morgan fingerprint density at radius 3 is 2.83 bits per heavy atom. The maximum atomic E-state index is 12.7. The van der Waals surface area contributed by atoms with E-state index in [9.17, 15) is 4.79 Å². The molecule has 0 saturated heterocycles. The lowest BCUT2D eigenvalue weighted by Gasteiger charge is -2.20. The van der Waals surface area contributed by atoms with Crippen molar-refractivity contribution in [3.63, 3.8) is 0 Å². The van der Waals surface area contributed by atoms with Gasteiger partial charge in [-0.05, 0) is 47.2 Å². The maximum absolute atomic E-state index is 12.7. The third kappa shape index (κ3) is 4.06. The molecule has 146 valence electrons. The second kappa shape index (κ2) is 8.37. The Labute approximate surface area is 179 Å². The number of alkyl halides is 1. The van der Waals surface area contributed by atoms with E-state index in [1.165, 1.54) is 0 Å². The molecule has 1 aliphatic rings. The highest BCUT2D eigenvalue weighted by Gasteiger charge is 2.21. The van der Waals surface area contributed by atoms with Crippen LogP contribution in [0.25, 0.3) is 16.3 Å². The van der Waals surface area contributed by atoms with Gasteiger partial charge < -0.3 is 11.1 Å². The van der Waals surface area contributed by atoms with Crippen LogP contribution in [-0.4, -0.2) is 16.3 Å². The van der Waals surface area contributed by atoms with Gasteiger partial charge in [-0.25, -0.2) is 0 Å². The number of rotatable bonds is 4. The van der Waals surface area contributed by atoms with Gasteiger partial charge in [0.1, 0.15) is 0 Å². The summed E-state index contributed by atoms with van der Waals surface area (Å²) in [6.45, 7) is 0.369. The van der Waals surface area contributed by atoms with Gasteiger partial charge in [0.25, 0.3) is 5.91 Å². The Balaban J connectivity index is 1.64. The van der Waals surface area contributed by atoms with Crippen molar-refractivity contribution in [2.45, 2.75) is 18.3 Å². The Morgan fingerprint density at radius 1 is 1.21 bits per heavy atom. The van der Waals surface area contributed by atoms with Crippen LogP contribution in [0, 0.1) is 0 Å². The van der Waals surface area contributed by atoms with E-state index in [2.05, 4.69) is 10.3 Å². The van der Waals surface area contributed by atoms with E-state index in [4.69, 9.17) is 28.9 Å². The lowest BCUT2D eigenvalue weighted by Crippen LogP contribution is -2.24. The summed E-state index contributed by atoms with van der Waals surface area (Å²) in [5.41, 5.74) is 9.28. The SMILES string of the molecule is NCc1ccc(C(=O)NC2=CCC(Cl)C(c3nccc4ccccc34)=C2)c(Cl)c1. The molecule has 2 aromatic carbocycles. The van der Waals surface area contributed by atoms with Crippen molar-refractivity contribution < 1.29 is 4.79 Å². The molecule has 0 aliphatic heterocycles. The van der Waals surface area contributed by atoms with Crippen molar-refractivity contribution in [3.8, 4) is 0 Å². The van der Waals surface area contributed by atoms with Crippen molar-refractivity contribution in [1.82, 2.24) is 10.3 Å². The van der Waals surface area contributed by atoms with E-state index >= 15 is 0 Å². The second-order valence-corrected chi connectivity index (χ2v) is 7.75. The summed E-state index contributed by atoms with van der Waals surface area (Å²) in [6, 6.07) is 15.2. The summed E-state index contributed by atoms with van der Waals surface area (Å²) >= 11 is 12.8. The van der Waals surface area contributed by atoms with Crippen LogP contribution in [0.2, 0.25) is 5.02 Å². The van der Waals surface area contributed by atoms with Gasteiger partial charge in [-0.3, -0.25) is 9.78 Å². The predicted molar refractivity (Wildman–Crippen MR) is 119 cm³/mol. The van der Waals surface area contributed by atoms with Crippen LogP contribution < -0.4 is 11.1 Å². The molecule has 0 radical (unpaired) electrons. The number of hydrogen-bond acceptors (Lipinski definition) is 3. The second-order valence-electron chi connectivity index (χ2n) is 6.82. The first-order valence-corrected chi connectivity index (χ1v) is 10.1. The Bertz CT molecular complexity index is 1150. The third-order valence-electron chi connectivity index (χ3n) is 4.91. The average molecular weight is 424 g/mol. The first-order valence-electron chi connectivity index (χ1n) is 9.26. The molecule has 29 heavy (non-hydrogen) atoms. The molecule has 1 aromatic heterocycles. The predicted octanol–water partition coefficient (Wildman–Crippen LogP) is 5.06. The van der Waals surface area contributed by atoms with Crippen LogP contribution in [0.1, 0.15) is 28.0 Å². The highest BCUT2D eigenvalue weighted by molar-refractivity contribution is 6.34. The van der Waals surface area contributed by atoms with Crippen LogP contribution in [0.3, 0.4) is 0 Å². The quantitative estimate of drug-likeness (QED) is 0.576. The zero-order valence-electron chi connectivity index (χ0n) is 15.5. The van der Waals surface area contributed by atoms with E-state index in [0.29, 0.717) is 29.2 Å². The summed E-state index contributed by atoms with van der Waals surface area (Å²) in [4.78, 5) is 17.3. The topological polar surface area (TPSA) is 68.0 Å². The molecule has 4 rings (SSSR count). The lowest BCUT2D eigenvalue weighted by atomic mass is 9.95. The molecule has 1 aliphatic carbocycles. The van der Waals surface area contributed by atoms with Gasteiger partial charge >= 0.3 is 0 Å². The highest BCUT2D eigenvalue weighted by atomic mass is 35.5. The normalized spacial score (nSPS) is 16.3. The zero-order chi connectivity index (χ0) is 20.4. The van der Waals surface area contributed by atoms with Crippen molar-refractivity contribution in [1.29, 1.82) is 0 Å².